The molecular weight excluding hydrogens is 370 g/mol. The summed E-state index contributed by atoms with van der Waals surface area (Å²) in [6.07, 6.45) is 7.58. The van der Waals surface area contributed by atoms with Crippen molar-refractivity contribution in [2.24, 2.45) is 0 Å². The predicted molar refractivity (Wildman–Crippen MR) is 120 cm³/mol. The molecule has 0 amide bonds. The van der Waals surface area contributed by atoms with Crippen LogP contribution in [0, 0.1) is 0 Å². The third-order valence-corrected chi connectivity index (χ3v) is 6.65. The summed E-state index contributed by atoms with van der Waals surface area (Å²) in [5, 5.41) is 0. The van der Waals surface area contributed by atoms with E-state index < -0.39 is 0 Å². The van der Waals surface area contributed by atoms with Gasteiger partial charge in [-0.2, -0.15) is 0 Å². The van der Waals surface area contributed by atoms with Gasteiger partial charge in [0, 0.05) is 31.5 Å². The van der Waals surface area contributed by atoms with Gasteiger partial charge in [-0.1, -0.05) is 54.6 Å². The molecule has 0 bridgehead atoms. The standard InChI is InChI=1S/C26H31N3O/c1-28-16-14-23(15-17-28)30-25-24-10-6-5-9-21(24)13-18-29-22(19-27-26(25)29)12-11-20-7-3-2-4-8-20/h2-10,19,23,25H,11-18H2,1H3. The number of imidazole rings is 1. The average molecular weight is 402 g/mol. The van der Waals surface area contributed by atoms with Crippen LogP contribution in [-0.2, 0) is 30.5 Å². The van der Waals surface area contributed by atoms with Crippen LogP contribution in [0.1, 0.15) is 47.2 Å². The Balaban J connectivity index is 1.42. The normalized spacial score (nSPS) is 19.8. The number of ether oxygens (including phenoxy) is 1. The number of hydrogen-bond acceptors (Lipinski definition) is 3. The molecule has 0 N–H and O–H groups in total. The Bertz CT molecular complexity index is 973. The zero-order valence-corrected chi connectivity index (χ0v) is 17.8. The second kappa shape index (κ2) is 8.75. The van der Waals surface area contributed by atoms with Gasteiger partial charge in [0.2, 0.25) is 0 Å². The fraction of sp³-hybridized carbons (Fsp3) is 0.423. The summed E-state index contributed by atoms with van der Waals surface area (Å²) in [5.74, 6) is 1.09. The van der Waals surface area contributed by atoms with Crippen LogP contribution in [0.4, 0.5) is 0 Å². The van der Waals surface area contributed by atoms with Crippen LogP contribution in [0.5, 0.6) is 0 Å². The largest absolute Gasteiger partial charge is 0.362 e. The molecule has 2 aliphatic heterocycles. The lowest BCUT2D eigenvalue weighted by Crippen LogP contribution is -2.35. The Labute approximate surface area is 179 Å². The third kappa shape index (κ3) is 4.07. The highest BCUT2D eigenvalue weighted by Crippen LogP contribution is 2.34. The molecule has 1 atom stereocenters. The molecule has 0 radical (unpaired) electrons. The highest BCUT2D eigenvalue weighted by Gasteiger charge is 2.30. The predicted octanol–water partition coefficient (Wildman–Crippen LogP) is 4.42. The summed E-state index contributed by atoms with van der Waals surface area (Å²) in [6.45, 7) is 3.19. The lowest BCUT2D eigenvalue weighted by molar-refractivity contribution is -0.0276. The number of benzene rings is 2. The molecule has 4 nitrogen and oxygen atoms in total. The van der Waals surface area contributed by atoms with Crippen LogP contribution in [0.15, 0.2) is 60.8 Å². The SMILES string of the molecule is CN1CCC(OC2c3ccccc3CCn3c(CCc4ccccc4)cnc32)CC1. The molecule has 0 saturated carbocycles. The lowest BCUT2D eigenvalue weighted by atomic mass is 10.00. The first kappa shape index (κ1) is 19.5. The van der Waals surface area contributed by atoms with Gasteiger partial charge >= 0.3 is 0 Å². The van der Waals surface area contributed by atoms with Gasteiger partial charge in [-0.25, -0.2) is 4.98 Å². The van der Waals surface area contributed by atoms with E-state index in [4.69, 9.17) is 9.72 Å². The first-order valence-corrected chi connectivity index (χ1v) is 11.3. The first-order valence-electron chi connectivity index (χ1n) is 11.3. The Hall–Kier alpha value is -2.43. The maximum atomic E-state index is 6.78. The quantitative estimate of drug-likeness (QED) is 0.634. The number of aromatic nitrogens is 2. The van der Waals surface area contributed by atoms with Crippen molar-refractivity contribution in [3.63, 3.8) is 0 Å². The van der Waals surface area contributed by atoms with Crippen LogP contribution in [0.3, 0.4) is 0 Å². The van der Waals surface area contributed by atoms with E-state index in [0.29, 0.717) is 6.10 Å². The van der Waals surface area contributed by atoms with E-state index in [1.165, 1.54) is 22.4 Å². The van der Waals surface area contributed by atoms with E-state index in [9.17, 15) is 0 Å². The van der Waals surface area contributed by atoms with Gasteiger partial charge in [0.05, 0.1) is 6.10 Å². The van der Waals surface area contributed by atoms with E-state index >= 15 is 0 Å². The van der Waals surface area contributed by atoms with Crippen LogP contribution in [-0.4, -0.2) is 40.7 Å². The van der Waals surface area contributed by atoms with Crippen molar-refractivity contribution in [3.05, 3.63) is 89.0 Å². The number of hydrogen-bond donors (Lipinski definition) is 0. The van der Waals surface area contributed by atoms with Crippen LogP contribution < -0.4 is 0 Å². The molecule has 5 rings (SSSR count). The van der Waals surface area contributed by atoms with Crippen molar-refractivity contribution in [2.75, 3.05) is 20.1 Å². The molecule has 0 aliphatic carbocycles. The molecule has 1 saturated heterocycles. The number of fused-ring (bicyclic) bond motifs is 2. The van der Waals surface area contributed by atoms with Gasteiger partial charge in [0.1, 0.15) is 11.9 Å². The zero-order valence-electron chi connectivity index (χ0n) is 17.8. The Kier molecular flexibility index (Phi) is 5.69. The van der Waals surface area contributed by atoms with Gasteiger partial charge in [-0.3, -0.25) is 0 Å². The Morgan fingerprint density at radius 2 is 1.70 bits per heavy atom. The molecule has 2 aromatic carbocycles. The highest BCUT2D eigenvalue weighted by molar-refractivity contribution is 5.35. The van der Waals surface area contributed by atoms with Crippen LogP contribution in [0.2, 0.25) is 0 Å². The maximum Gasteiger partial charge on any atom is 0.142 e. The molecule has 1 unspecified atom stereocenters. The summed E-state index contributed by atoms with van der Waals surface area (Å²) in [4.78, 5) is 7.31. The number of likely N-dealkylation sites (tertiary alicyclic amines) is 1. The highest BCUT2D eigenvalue weighted by atomic mass is 16.5. The molecule has 2 aliphatic rings. The Morgan fingerprint density at radius 3 is 2.53 bits per heavy atom. The minimum Gasteiger partial charge on any atom is -0.362 e. The number of nitrogens with zero attached hydrogens (tertiary/aromatic N) is 3. The smallest absolute Gasteiger partial charge is 0.142 e. The van der Waals surface area contributed by atoms with Gasteiger partial charge < -0.3 is 14.2 Å². The molecule has 156 valence electrons. The number of rotatable bonds is 5. The van der Waals surface area contributed by atoms with Crippen LogP contribution in [0.25, 0.3) is 0 Å². The molecule has 4 heteroatoms. The maximum absolute atomic E-state index is 6.78. The number of aryl methyl sites for hydroxylation is 3. The zero-order chi connectivity index (χ0) is 20.3. The van der Waals surface area contributed by atoms with Gasteiger partial charge in [-0.05, 0) is 55.8 Å². The summed E-state index contributed by atoms with van der Waals surface area (Å²) >= 11 is 0. The minimum absolute atomic E-state index is 0.0671. The van der Waals surface area contributed by atoms with E-state index in [2.05, 4.69) is 77.3 Å². The first-order chi connectivity index (χ1) is 14.8. The van der Waals surface area contributed by atoms with Gasteiger partial charge in [0.15, 0.2) is 0 Å². The molecule has 30 heavy (non-hydrogen) atoms. The molecule has 3 heterocycles. The minimum atomic E-state index is -0.0671. The van der Waals surface area contributed by atoms with Crippen molar-refractivity contribution < 1.29 is 4.74 Å². The summed E-state index contributed by atoms with van der Waals surface area (Å²) < 4.78 is 9.21. The average Bonchev–Trinajstić information content (AvgIpc) is 3.12. The molecular formula is C26H31N3O. The van der Waals surface area contributed by atoms with Crippen LogP contribution >= 0.6 is 0 Å². The fourth-order valence-electron chi connectivity index (χ4n) is 4.85. The molecule has 0 spiro atoms. The summed E-state index contributed by atoms with van der Waals surface area (Å²) in [5.41, 5.74) is 5.40. The Morgan fingerprint density at radius 1 is 0.933 bits per heavy atom. The second-order valence-electron chi connectivity index (χ2n) is 8.71. The van der Waals surface area contributed by atoms with E-state index in [1.54, 1.807) is 0 Å². The van der Waals surface area contributed by atoms with Gasteiger partial charge in [0.25, 0.3) is 0 Å². The van der Waals surface area contributed by atoms with Crippen molar-refractivity contribution in [3.8, 4) is 0 Å². The third-order valence-electron chi connectivity index (χ3n) is 6.65. The fourth-order valence-corrected chi connectivity index (χ4v) is 4.85. The molecule has 3 aromatic rings. The van der Waals surface area contributed by atoms with Crippen molar-refractivity contribution in [2.45, 2.75) is 50.9 Å². The number of piperidine rings is 1. The van der Waals surface area contributed by atoms with Crippen molar-refractivity contribution >= 4 is 0 Å². The van der Waals surface area contributed by atoms with Crippen molar-refractivity contribution in [1.82, 2.24) is 14.5 Å². The van der Waals surface area contributed by atoms with E-state index in [-0.39, 0.29) is 6.10 Å². The lowest BCUT2D eigenvalue weighted by Gasteiger charge is -2.32. The monoisotopic (exact) mass is 401 g/mol. The van der Waals surface area contributed by atoms with Gasteiger partial charge in [-0.15, -0.1) is 0 Å². The summed E-state index contributed by atoms with van der Waals surface area (Å²) in [7, 11) is 2.20. The molecule has 1 fully saturated rings. The van der Waals surface area contributed by atoms with Crippen molar-refractivity contribution in [1.29, 1.82) is 0 Å². The molecule has 1 aromatic heterocycles. The summed E-state index contributed by atoms with van der Waals surface area (Å²) in [6, 6.07) is 19.5. The topological polar surface area (TPSA) is 30.3 Å². The van der Waals surface area contributed by atoms with E-state index in [1.807, 2.05) is 0 Å². The second-order valence-corrected chi connectivity index (χ2v) is 8.71. The van der Waals surface area contributed by atoms with E-state index in [0.717, 1.165) is 57.6 Å².